The summed E-state index contributed by atoms with van der Waals surface area (Å²) in [7, 11) is 0. The van der Waals surface area contributed by atoms with Crippen molar-refractivity contribution in [2.45, 2.75) is 36.8 Å². The summed E-state index contributed by atoms with van der Waals surface area (Å²) in [5, 5.41) is 4.97. The lowest BCUT2D eigenvalue weighted by Gasteiger charge is -2.10. The van der Waals surface area contributed by atoms with Gasteiger partial charge in [0.05, 0.1) is 17.1 Å². The lowest BCUT2D eigenvalue weighted by molar-refractivity contribution is -0.116. The van der Waals surface area contributed by atoms with Gasteiger partial charge in [-0.3, -0.25) is 14.0 Å². The van der Waals surface area contributed by atoms with Crippen molar-refractivity contribution in [1.29, 1.82) is 0 Å². The molecule has 0 radical (unpaired) electrons. The molecule has 0 saturated heterocycles. The molecule has 0 spiro atoms. The SMILES string of the molecule is CCCCC(=O)Nc1ccccc1SCc1cc(=O)n2c(-c3ccccc3)csc2n1. The molecule has 5 nitrogen and oxygen atoms in total. The van der Waals surface area contributed by atoms with Gasteiger partial charge in [0.1, 0.15) is 0 Å². The Morgan fingerprint density at radius 1 is 1.13 bits per heavy atom. The van der Waals surface area contributed by atoms with Gasteiger partial charge in [0.2, 0.25) is 5.91 Å². The van der Waals surface area contributed by atoms with E-state index < -0.39 is 0 Å². The molecule has 0 aliphatic rings. The van der Waals surface area contributed by atoms with Crippen LogP contribution in [0.2, 0.25) is 0 Å². The molecule has 7 heteroatoms. The van der Waals surface area contributed by atoms with E-state index in [-0.39, 0.29) is 11.5 Å². The van der Waals surface area contributed by atoms with Gasteiger partial charge < -0.3 is 5.32 Å². The van der Waals surface area contributed by atoms with E-state index >= 15 is 0 Å². The van der Waals surface area contributed by atoms with Crippen LogP contribution >= 0.6 is 23.1 Å². The first-order valence-corrected chi connectivity index (χ1v) is 12.1. The van der Waals surface area contributed by atoms with Crippen molar-refractivity contribution < 1.29 is 4.79 Å². The number of nitrogens with zero attached hydrogens (tertiary/aromatic N) is 2. The lowest BCUT2D eigenvalue weighted by atomic mass is 10.2. The van der Waals surface area contributed by atoms with Crippen LogP contribution in [0.5, 0.6) is 0 Å². The quantitative estimate of drug-likeness (QED) is 0.343. The molecule has 2 aromatic carbocycles. The number of unbranched alkanes of at least 4 members (excludes halogenated alkanes) is 1. The van der Waals surface area contributed by atoms with Gasteiger partial charge in [-0.2, -0.15) is 0 Å². The molecule has 0 atom stereocenters. The summed E-state index contributed by atoms with van der Waals surface area (Å²) >= 11 is 3.03. The molecule has 1 N–H and O–H groups in total. The smallest absolute Gasteiger partial charge is 0.259 e. The zero-order chi connectivity index (χ0) is 21.6. The maximum atomic E-state index is 12.8. The zero-order valence-electron chi connectivity index (χ0n) is 17.2. The van der Waals surface area contributed by atoms with Crippen LogP contribution < -0.4 is 10.9 Å². The molecule has 0 aliphatic heterocycles. The molecule has 2 heterocycles. The van der Waals surface area contributed by atoms with Gasteiger partial charge in [0.25, 0.3) is 5.56 Å². The molecular formula is C24H23N3O2S2. The average Bonchev–Trinajstić information content (AvgIpc) is 3.22. The van der Waals surface area contributed by atoms with Gasteiger partial charge >= 0.3 is 0 Å². The number of benzene rings is 2. The van der Waals surface area contributed by atoms with Crippen molar-refractivity contribution >= 4 is 39.7 Å². The Bertz CT molecular complexity index is 1250. The molecular weight excluding hydrogens is 426 g/mol. The average molecular weight is 450 g/mol. The van der Waals surface area contributed by atoms with Crippen LogP contribution in [0.4, 0.5) is 5.69 Å². The highest BCUT2D eigenvalue weighted by atomic mass is 32.2. The highest BCUT2D eigenvalue weighted by Crippen LogP contribution is 2.30. The normalized spacial score (nSPS) is 11.0. The fourth-order valence-corrected chi connectivity index (χ4v) is 5.07. The molecule has 31 heavy (non-hydrogen) atoms. The maximum absolute atomic E-state index is 12.8. The molecule has 4 aromatic rings. The standard InChI is InChI=1S/C24H23N3O2S2/c1-2-3-13-22(28)26-19-11-7-8-12-21(19)30-15-18-14-23(29)27-20(16-31-24(27)25-18)17-9-5-4-6-10-17/h4-12,14,16H,2-3,13,15H2,1H3,(H,26,28). The third-order valence-electron chi connectivity index (χ3n) is 4.82. The summed E-state index contributed by atoms with van der Waals surface area (Å²) in [5.41, 5.74) is 3.30. The second-order valence-corrected chi connectivity index (χ2v) is 8.98. The van der Waals surface area contributed by atoms with Gasteiger partial charge in [0, 0.05) is 28.5 Å². The number of nitrogens with one attached hydrogen (secondary N) is 1. The molecule has 1 amide bonds. The molecule has 0 fully saturated rings. The Morgan fingerprint density at radius 3 is 2.71 bits per heavy atom. The van der Waals surface area contributed by atoms with Crippen molar-refractivity contribution in [1.82, 2.24) is 9.38 Å². The first kappa shape index (κ1) is 21.3. The number of amides is 1. The molecule has 0 bridgehead atoms. The van der Waals surface area contributed by atoms with E-state index in [4.69, 9.17) is 4.98 Å². The number of aromatic nitrogens is 2. The monoisotopic (exact) mass is 449 g/mol. The third kappa shape index (κ3) is 5.06. The number of thioether (sulfide) groups is 1. The number of fused-ring (bicyclic) bond motifs is 1. The van der Waals surface area contributed by atoms with Crippen LogP contribution in [0.3, 0.4) is 0 Å². The number of carbonyl (C=O) groups excluding carboxylic acids is 1. The van der Waals surface area contributed by atoms with Crippen LogP contribution in [0.15, 0.2) is 75.7 Å². The molecule has 0 unspecified atom stereocenters. The van der Waals surface area contributed by atoms with Crippen LogP contribution in [0.1, 0.15) is 31.9 Å². The Kier molecular flexibility index (Phi) is 6.84. The number of para-hydroxylation sites is 1. The number of thiazole rings is 1. The van der Waals surface area contributed by atoms with Gasteiger partial charge in [-0.15, -0.1) is 23.1 Å². The van der Waals surface area contributed by atoms with E-state index in [0.29, 0.717) is 17.1 Å². The summed E-state index contributed by atoms with van der Waals surface area (Å²) in [5.74, 6) is 0.575. The van der Waals surface area contributed by atoms with Gasteiger partial charge in [-0.05, 0) is 24.1 Å². The topological polar surface area (TPSA) is 63.5 Å². The summed E-state index contributed by atoms with van der Waals surface area (Å²) in [6, 6.07) is 19.2. The van der Waals surface area contributed by atoms with Gasteiger partial charge in [0.15, 0.2) is 4.96 Å². The lowest BCUT2D eigenvalue weighted by Crippen LogP contribution is -2.14. The van der Waals surface area contributed by atoms with E-state index in [1.807, 2.05) is 60.0 Å². The van der Waals surface area contributed by atoms with Gasteiger partial charge in [-0.25, -0.2) is 4.98 Å². The Balaban J connectivity index is 1.53. The summed E-state index contributed by atoms with van der Waals surface area (Å²) < 4.78 is 1.66. The molecule has 4 rings (SSSR count). The van der Waals surface area contributed by atoms with Crippen LogP contribution in [-0.4, -0.2) is 15.3 Å². The van der Waals surface area contributed by atoms with E-state index in [2.05, 4.69) is 12.2 Å². The zero-order valence-corrected chi connectivity index (χ0v) is 18.8. The second kappa shape index (κ2) is 9.94. The Hall–Kier alpha value is -2.90. The summed E-state index contributed by atoms with van der Waals surface area (Å²) in [6.45, 7) is 2.07. The minimum absolute atomic E-state index is 0.0275. The minimum atomic E-state index is -0.0816. The number of hydrogen-bond acceptors (Lipinski definition) is 5. The highest BCUT2D eigenvalue weighted by Gasteiger charge is 2.12. The first-order valence-electron chi connectivity index (χ1n) is 10.2. The highest BCUT2D eigenvalue weighted by molar-refractivity contribution is 7.98. The van der Waals surface area contributed by atoms with Crippen molar-refractivity contribution in [3.63, 3.8) is 0 Å². The fraction of sp³-hybridized carbons (Fsp3) is 0.208. The van der Waals surface area contributed by atoms with E-state index in [1.54, 1.807) is 22.2 Å². The predicted octanol–water partition coefficient (Wildman–Crippen LogP) is 5.84. The molecule has 2 aromatic heterocycles. The van der Waals surface area contributed by atoms with E-state index in [0.717, 1.165) is 40.4 Å². The summed E-state index contributed by atoms with van der Waals surface area (Å²) in [6.07, 6.45) is 2.38. The van der Waals surface area contributed by atoms with Crippen LogP contribution in [0.25, 0.3) is 16.2 Å². The predicted molar refractivity (Wildman–Crippen MR) is 129 cm³/mol. The van der Waals surface area contributed by atoms with E-state index in [9.17, 15) is 9.59 Å². The Labute approximate surface area is 189 Å². The van der Waals surface area contributed by atoms with Crippen molar-refractivity contribution in [2.24, 2.45) is 0 Å². The number of carbonyl (C=O) groups is 1. The van der Waals surface area contributed by atoms with Crippen LogP contribution in [0, 0.1) is 0 Å². The third-order valence-corrected chi connectivity index (χ3v) is 6.75. The first-order chi connectivity index (χ1) is 15.2. The molecule has 0 saturated carbocycles. The maximum Gasteiger partial charge on any atom is 0.259 e. The number of rotatable bonds is 8. The molecule has 158 valence electrons. The number of anilines is 1. The van der Waals surface area contributed by atoms with Crippen molar-refractivity contribution in [2.75, 3.05) is 5.32 Å². The van der Waals surface area contributed by atoms with Crippen LogP contribution in [-0.2, 0) is 10.5 Å². The summed E-state index contributed by atoms with van der Waals surface area (Å²) in [4.78, 5) is 31.3. The molecule has 0 aliphatic carbocycles. The fourth-order valence-electron chi connectivity index (χ4n) is 3.25. The second-order valence-electron chi connectivity index (χ2n) is 7.13. The Morgan fingerprint density at radius 2 is 1.90 bits per heavy atom. The minimum Gasteiger partial charge on any atom is -0.325 e. The number of hydrogen-bond donors (Lipinski definition) is 1. The van der Waals surface area contributed by atoms with E-state index in [1.165, 1.54) is 11.3 Å². The van der Waals surface area contributed by atoms with Crippen molar-refractivity contribution in [3.05, 3.63) is 82.1 Å². The largest absolute Gasteiger partial charge is 0.325 e. The van der Waals surface area contributed by atoms with Gasteiger partial charge in [-0.1, -0.05) is 55.8 Å². The van der Waals surface area contributed by atoms with Crippen molar-refractivity contribution in [3.8, 4) is 11.3 Å².